The molecule has 2 aromatic rings. The van der Waals surface area contributed by atoms with E-state index in [1.54, 1.807) is 18.2 Å². The van der Waals surface area contributed by atoms with Gasteiger partial charge < -0.3 is 14.6 Å². The average Bonchev–Trinajstić information content (AvgIpc) is 2.64. The molecule has 6 heteroatoms. The summed E-state index contributed by atoms with van der Waals surface area (Å²) >= 11 is 0. The molecule has 90 valence electrons. The quantitative estimate of drug-likeness (QED) is 0.725. The smallest absolute Gasteiger partial charge is 0.417 e. The van der Waals surface area contributed by atoms with E-state index >= 15 is 0 Å². The zero-order chi connectivity index (χ0) is 12.4. The average molecular weight is 237 g/mol. The van der Waals surface area contributed by atoms with Gasteiger partial charge in [-0.05, 0) is 17.7 Å². The highest BCUT2D eigenvalue weighted by Gasteiger charge is 2.15. The number of aliphatic carboxylic acids is 1. The van der Waals surface area contributed by atoms with E-state index in [2.05, 4.69) is 4.98 Å². The molecule has 1 atom stereocenters. The molecule has 1 heterocycles. The first-order valence-corrected chi connectivity index (χ1v) is 5.05. The summed E-state index contributed by atoms with van der Waals surface area (Å²) in [5.41, 5.74) is 1.56. The number of nitrogens with one attached hydrogen (secondary N) is 1. The van der Waals surface area contributed by atoms with Crippen LogP contribution in [0.4, 0.5) is 0 Å². The Morgan fingerprint density at radius 1 is 1.47 bits per heavy atom. The summed E-state index contributed by atoms with van der Waals surface area (Å²) in [5, 5.41) is 17.9. The maximum atomic E-state index is 11.0. The van der Waals surface area contributed by atoms with Gasteiger partial charge in [-0.2, -0.15) is 0 Å². The normalized spacial score (nSPS) is 12.8. The number of carboxylic acid groups (broad SMARTS) is 1. The zero-order valence-corrected chi connectivity index (χ0v) is 8.84. The van der Waals surface area contributed by atoms with Crippen LogP contribution in [0.25, 0.3) is 11.1 Å². The lowest BCUT2D eigenvalue weighted by Gasteiger charge is -2.11. The molecule has 0 amide bonds. The second-order valence-corrected chi connectivity index (χ2v) is 3.75. The number of fused-ring (bicyclic) bond motifs is 1. The first kappa shape index (κ1) is 11.4. The predicted octanol–water partition coefficient (Wildman–Crippen LogP) is 0.672. The van der Waals surface area contributed by atoms with E-state index in [4.69, 9.17) is 14.6 Å². The van der Waals surface area contributed by atoms with Gasteiger partial charge in [0.25, 0.3) is 0 Å². The van der Waals surface area contributed by atoms with Crippen molar-refractivity contribution >= 4 is 17.1 Å². The van der Waals surface area contributed by atoms with Gasteiger partial charge in [0.15, 0.2) is 5.58 Å². The van der Waals surface area contributed by atoms with E-state index in [9.17, 15) is 9.59 Å². The molecule has 0 aliphatic rings. The van der Waals surface area contributed by atoms with Gasteiger partial charge in [-0.3, -0.25) is 9.78 Å². The van der Waals surface area contributed by atoms with Crippen molar-refractivity contribution < 1.29 is 19.4 Å². The Kier molecular flexibility index (Phi) is 2.97. The molecule has 0 aliphatic carbocycles. The van der Waals surface area contributed by atoms with Gasteiger partial charge in [0, 0.05) is 5.92 Å². The molecule has 17 heavy (non-hydrogen) atoms. The van der Waals surface area contributed by atoms with E-state index in [0.717, 1.165) is 0 Å². The minimum Gasteiger partial charge on any atom is -0.481 e. The van der Waals surface area contributed by atoms with Crippen molar-refractivity contribution in [3.63, 3.8) is 0 Å². The molecule has 0 radical (unpaired) electrons. The van der Waals surface area contributed by atoms with Crippen LogP contribution < -0.4 is 5.76 Å². The summed E-state index contributed by atoms with van der Waals surface area (Å²) in [6.45, 7) is -0.264. The number of aromatic nitrogens is 1. The number of benzene rings is 1. The van der Waals surface area contributed by atoms with Crippen LogP contribution in [0.15, 0.2) is 27.4 Å². The van der Waals surface area contributed by atoms with Crippen LogP contribution in [0.1, 0.15) is 17.9 Å². The molecule has 1 aromatic carbocycles. The van der Waals surface area contributed by atoms with Crippen molar-refractivity contribution in [3.8, 4) is 0 Å². The lowest BCUT2D eigenvalue weighted by Crippen LogP contribution is -2.10. The Balaban J connectivity index is 2.39. The lowest BCUT2D eigenvalue weighted by molar-refractivity contribution is -0.137. The Morgan fingerprint density at radius 2 is 2.24 bits per heavy atom. The van der Waals surface area contributed by atoms with Gasteiger partial charge >= 0.3 is 11.7 Å². The first-order chi connectivity index (χ1) is 8.10. The van der Waals surface area contributed by atoms with Crippen LogP contribution >= 0.6 is 0 Å². The monoisotopic (exact) mass is 237 g/mol. The molecule has 0 saturated carbocycles. The second-order valence-electron chi connectivity index (χ2n) is 3.75. The van der Waals surface area contributed by atoms with Gasteiger partial charge in [-0.1, -0.05) is 6.07 Å². The Labute approximate surface area is 95.5 Å². The second kappa shape index (κ2) is 4.42. The van der Waals surface area contributed by atoms with E-state index in [1.165, 1.54) is 0 Å². The molecule has 0 spiro atoms. The van der Waals surface area contributed by atoms with Crippen LogP contribution in [-0.4, -0.2) is 27.8 Å². The third kappa shape index (κ3) is 2.36. The van der Waals surface area contributed by atoms with Crippen molar-refractivity contribution in [1.29, 1.82) is 0 Å². The summed E-state index contributed by atoms with van der Waals surface area (Å²) in [5.74, 6) is -2.03. The fourth-order valence-corrected chi connectivity index (χ4v) is 1.72. The molecule has 0 fully saturated rings. The van der Waals surface area contributed by atoms with Crippen molar-refractivity contribution in [2.24, 2.45) is 0 Å². The summed E-state index contributed by atoms with van der Waals surface area (Å²) in [6, 6.07) is 4.83. The number of carbonyl (C=O) groups is 1. The van der Waals surface area contributed by atoms with Crippen LogP contribution in [0.5, 0.6) is 0 Å². The van der Waals surface area contributed by atoms with Crippen molar-refractivity contribution in [3.05, 3.63) is 34.3 Å². The number of aliphatic hydroxyl groups is 1. The number of aromatic amines is 1. The highest BCUT2D eigenvalue weighted by Crippen LogP contribution is 2.22. The Morgan fingerprint density at radius 3 is 2.88 bits per heavy atom. The van der Waals surface area contributed by atoms with Gasteiger partial charge in [0.05, 0.1) is 18.5 Å². The van der Waals surface area contributed by atoms with Crippen LogP contribution in [-0.2, 0) is 4.79 Å². The van der Waals surface area contributed by atoms with Crippen molar-refractivity contribution in [2.75, 3.05) is 6.61 Å². The number of rotatable bonds is 4. The fourth-order valence-electron chi connectivity index (χ4n) is 1.72. The molecular weight excluding hydrogens is 226 g/mol. The molecule has 1 aromatic heterocycles. The minimum absolute atomic E-state index is 0.163. The van der Waals surface area contributed by atoms with Gasteiger partial charge in [-0.25, -0.2) is 4.79 Å². The van der Waals surface area contributed by atoms with E-state index < -0.39 is 17.6 Å². The maximum absolute atomic E-state index is 11.0. The topological polar surface area (TPSA) is 104 Å². The number of hydrogen-bond acceptors (Lipinski definition) is 4. The molecule has 0 bridgehead atoms. The number of hydrogen-bond donors (Lipinski definition) is 3. The van der Waals surface area contributed by atoms with Gasteiger partial charge in [0.2, 0.25) is 0 Å². The molecule has 0 saturated heterocycles. The van der Waals surface area contributed by atoms with E-state index in [0.29, 0.717) is 16.7 Å². The number of oxazole rings is 1. The van der Waals surface area contributed by atoms with Crippen molar-refractivity contribution in [2.45, 2.75) is 12.3 Å². The molecular formula is C11H11NO5. The fraction of sp³-hybridized carbons (Fsp3) is 0.273. The molecule has 0 aliphatic heterocycles. The van der Waals surface area contributed by atoms with E-state index in [1.807, 2.05) is 0 Å². The number of aliphatic hydroxyl groups excluding tert-OH is 1. The summed E-state index contributed by atoms with van der Waals surface area (Å²) in [4.78, 5) is 24.1. The molecule has 6 nitrogen and oxygen atoms in total. The molecule has 3 N–H and O–H groups in total. The first-order valence-electron chi connectivity index (χ1n) is 5.05. The SMILES string of the molecule is O=C(O)CC(CO)c1ccc2oc(=O)[nH]c2c1. The standard InChI is InChI=1S/C11H11NO5/c13-5-7(4-10(14)15)6-1-2-9-8(3-6)12-11(16)17-9/h1-3,7,13H,4-5H2,(H,12,16)(H,14,15). The summed E-state index contributed by atoms with van der Waals surface area (Å²) in [6.07, 6.45) is -0.163. The Bertz CT molecular complexity index is 597. The Hall–Kier alpha value is -2.08. The predicted molar refractivity (Wildman–Crippen MR) is 58.9 cm³/mol. The third-order valence-electron chi connectivity index (χ3n) is 2.56. The summed E-state index contributed by atoms with van der Waals surface area (Å²) in [7, 11) is 0. The third-order valence-corrected chi connectivity index (χ3v) is 2.56. The van der Waals surface area contributed by atoms with Crippen LogP contribution in [0, 0.1) is 0 Å². The minimum atomic E-state index is -0.982. The van der Waals surface area contributed by atoms with Crippen molar-refractivity contribution in [1.82, 2.24) is 4.98 Å². The molecule has 1 unspecified atom stereocenters. The highest BCUT2D eigenvalue weighted by atomic mass is 16.4. The van der Waals surface area contributed by atoms with E-state index in [-0.39, 0.29) is 13.0 Å². The van der Waals surface area contributed by atoms with Crippen LogP contribution in [0.2, 0.25) is 0 Å². The van der Waals surface area contributed by atoms with Crippen LogP contribution in [0.3, 0.4) is 0 Å². The molecule has 2 rings (SSSR count). The largest absolute Gasteiger partial charge is 0.481 e. The zero-order valence-electron chi connectivity index (χ0n) is 8.84. The van der Waals surface area contributed by atoms with Gasteiger partial charge in [-0.15, -0.1) is 0 Å². The highest BCUT2D eigenvalue weighted by molar-refractivity contribution is 5.74. The van der Waals surface area contributed by atoms with Gasteiger partial charge in [0.1, 0.15) is 0 Å². The summed E-state index contributed by atoms with van der Waals surface area (Å²) < 4.78 is 4.83. The number of H-pyrrole nitrogens is 1. The maximum Gasteiger partial charge on any atom is 0.417 e. The number of carboxylic acids is 1. The lowest BCUT2D eigenvalue weighted by atomic mass is 9.96.